The highest BCUT2D eigenvalue weighted by Gasteiger charge is 2.19. The van der Waals surface area contributed by atoms with Crippen molar-refractivity contribution < 1.29 is 9.32 Å². The lowest BCUT2D eigenvalue weighted by atomic mass is 9.95. The SMILES string of the molecule is Cc1cc(C)n(C(C)Cc2nc(CC(=O)NC3CCCCC3)no2)n1. The van der Waals surface area contributed by atoms with Crippen LogP contribution in [-0.2, 0) is 17.6 Å². The molecule has 0 saturated heterocycles. The van der Waals surface area contributed by atoms with Crippen LogP contribution in [0, 0.1) is 13.8 Å². The Morgan fingerprint density at radius 3 is 2.80 bits per heavy atom. The van der Waals surface area contributed by atoms with E-state index in [2.05, 4.69) is 27.5 Å². The van der Waals surface area contributed by atoms with Crippen LogP contribution in [0.4, 0.5) is 0 Å². The Morgan fingerprint density at radius 2 is 2.12 bits per heavy atom. The van der Waals surface area contributed by atoms with Crippen molar-refractivity contribution in [2.24, 2.45) is 0 Å². The van der Waals surface area contributed by atoms with E-state index in [0.717, 1.165) is 24.2 Å². The molecule has 7 nitrogen and oxygen atoms in total. The first kappa shape index (κ1) is 17.6. The van der Waals surface area contributed by atoms with Gasteiger partial charge in [-0.1, -0.05) is 24.4 Å². The van der Waals surface area contributed by atoms with Gasteiger partial charge in [0.2, 0.25) is 11.8 Å². The van der Waals surface area contributed by atoms with Crippen LogP contribution in [0.5, 0.6) is 0 Å². The standard InChI is InChI=1S/C18H27N5O2/c1-12-9-13(2)23(21-12)14(3)10-18-20-16(22-25-18)11-17(24)19-15-7-5-4-6-8-15/h9,14-15H,4-8,10-11H2,1-3H3,(H,19,24). The number of amides is 1. The Balaban J connectivity index is 1.53. The monoisotopic (exact) mass is 345 g/mol. The number of nitrogens with zero attached hydrogens (tertiary/aromatic N) is 4. The van der Waals surface area contributed by atoms with Crippen molar-refractivity contribution >= 4 is 5.91 Å². The fourth-order valence-electron chi connectivity index (χ4n) is 3.55. The normalized spacial score (nSPS) is 16.8. The Bertz CT molecular complexity index is 715. The first-order valence-electron chi connectivity index (χ1n) is 9.15. The molecule has 1 amide bonds. The summed E-state index contributed by atoms with van der Waals surface area (Å²) in [6.45, 7) is 6.08. The highest BCUT2D eigenvalue weighted by Crippen LogP contribution is 2.18. The van der Waals surface area contributed by atoms with Crippen molar-refractivity contribution in [3.8, 4) is 0 Å². The van der Waals surface area contributed by atoms with Crippen LogP contribution in [0.3, 0.4) is 0 Å². The molecule has 0 spiro atoms. The summed E-state index contributed by atoms with van der Waals surface area (Å²) in [4.78, 5) is 16.5. The molecule has 2 aromatic heterocycles. The van der Waals surface area contributed by atoms with Gasteiger partial charge in [-0.2, -0.15) is 10.1 Å². The molecular formula is C18H27N5O2. The highest BCUT2D eigenvalue weighted by molar-refractivity contribution is 5.78. The predicted octanol–water partition coefficient (Wildman–Crippen LogP) is 2.68. The van der Waals surface area contributed by atoms with Crippen LogP contribution in [-0.4, -0.2) is 31.9 Å². The minimum absolute atomic E-state index is 0.0224. The van der Waals surface area contributed by atoms with E-state index < -0.39 is 0 Å². The fraction of sp³-hybridized carbons (Fsp3) is 0.667. The van der Waals surface area contributed by atoms with Gasteiger partial charge < -0.3 is 9.84 Å². The van der Waals surface area contributed by atoms with Gasteiger partial charge in [0.25, 0.3) is 0 Å². The van der Waals surface area contributed by atoms with Gasteiger partial charge in [-0.3, -0.25) is 9.48 Å². The number of rotatable bonds is 6. The summed E-state index contributed by atoms with van der Waals surface area (Å²) >= 11 is 0. The van der Waals surface area contributed by atoms with Gasteiger partial charge in [0.1, 0.15) is 0 Å². The first-order chi connectivity index (χ1) is 12.0. The second kappa shape index (κ2) is 7.80. The van der Waals surface area contributed by atoms with Gasteiger partial charge >= 0.3 is 0 Å². The van der Waals surface area contributed by atoms with Crippen LogP contribution in [0.2, 0.25) is 0 Å². The third-order valence-corrected chi connectivity index (χ3v) is 4.73. The zero-order valence-corrected chi connectivity index (χ0v) is 15.3. The summed E-state index contributed by atoms with van der Waals surface area (Å²) in [5, 5.41) is 11.5. The molecule has 0 aliphatic heterocycles. The lowest BCUT2D eigenvalue weighted by Gasteiger charge is -2.22. The lowest BCUT2D eigenvalue weighted by Crippen LogP contribution is -2.37. The third kappa shape index (κ3) is 4.67. The van der Waals surface area contributed by atoms with Gasteiger partial charge in [-0.25, -0.2) is 0 Å². The number of carbonyl (C=O) groups is 1. The number of carbonyl (C=O) groups excluding carboxylic acids is 1. The molecule has 25 heavy (non-hydrogen) atoms. The second-order valence-electron chi connectivity index (χ2n) is 7.11. The summed E-state index contributed by atoms with van der Waals surface area (Å²) < 4.78 is 7.28. The first-order valence-corrected chi connectivity index (χ1v) is 9.15. The Morgan fingerprint density at radius 1 is 1.36 bits per heavy atom. The largest absolute Gasteiger partial charge is 0.353 e. The molecule has 0 bridgehead atoms. The summed E-state index contributed by atoms with van der Waals surface area (Å²) in [6, 6.07) is 2.47. The maximum atomic E-state index is 12.1. The maximum absolute atomic E-state index is 12.1. The van der Waals surface area contributed by atoms with Gasteiger partial charge in [-0.05, 0) is 39.7 Å². The van der Waals surface area contributed by atoms with Gasteiger partial charge in [-0.15, -0.1) is 0 Å². The van der Waals surface area contributed by atoms with Crippen LogP contribution >= 0.6 is 0 Å². The zero-order valence-electron chi connectivity index (χ0n) is 15.3. The van der Waals surface area contributed by atoms with Crippen molar-refractivity contribution in [1.29, 1.82) is 0 Å². The molecule has 1 N–H and O–H groups in total. The molecule has 0 radical (unpaired) electrons. The summed E-state index contributed by atoms with van der Waals surface area (Å²) in [7, 11) is 0. The number of nitrogens with one attached hydrogen (secondary N) is 1. The fourth-order valence-corrected chi connectivity index (χ4v) is 3.55. The van der Waals surface area contributed by atoms with Crippen molar-refractivity contribution in [2.45, 2.75) is 77.8 Å². The van der Waals surface area contributed by atoms with E-state index in [4.69, 9.17) is 4.52 Å². The van der Waals surface area contributed by atoms with Crippen LogP contribution in [0.15, 0.2) is 10.6 Å². The Hall–Kier alpha value is -2.18. The van der Waals surface area contributed by atoms with E-state index in [1.54, 1.807) is 0 Å². The second-order valence-corrected chi connectivity index (χ2v) is 7.11. The van der Waals surface area contributed by atoms with Crippen LogP contribution < -0.4 is 5.32 Å². The average Bonchev–Trinajstić information content (AvgIpc) is 3.14. The van der Waals surface area contributed by atoms with Crippen molar-refractivity contribution in [2.75, 3.05) is 0 Å². The van der Waals surface area contributed by atoms with Gasteiger partial charge in [0.05, 0.1) is 18.2 Å². The van der Waals surface area contributed by atoms with E-state index in [1.807, 2.05) is 24.6 Å². The molecule has 2 aromatic rings. The molecule has 1 aliphatic carbocycles. The molecule has 1 atom stereocenters. The smallest absolute Gasteiger partial charge is 0.228 e. The maximum Gasteiger partial charge on any atom is 0.228 e. The molecule has 3 rings (SSSR count). The molecule has 1 aliphatic rings. The predicted molar refractivity (Wildman–Crippen MR) is 93.1 cm³/mol. The third-order valence-electron chi connectivity index (χ3n) is 4.73. The molecule has 1 saturated carbocycles. The zero-order chi connectivity index (χ0) is 17.8. The summed E-state index contributed by atoms with van der Waals surface area (Å²) in [5.41, 5.74) is 2.10. The Labute approximate surface area is 148 Å². The number of aromatic nitrogens is 4. The van der Waals surface area contributed by atoms with Crippen molar-refractivity contribution in [3.05, 3.63) is 29.2 Å². The van der Waals surface area contributed by atoms with E-state index in [9.17, 15) is 4.79 Å². The van der Waals surface area contributed by atoms with Gasteiger partial charge in [0, 0.05) is 18.2 Å². The summed E-state index contributed by atoms with van der Waals surface area (Å²) in [5.74, 6) is 0.968. The van der Waals surface area contributed by atoms with Crippen LogP contribution in [0.1, 0.15) is 68.2 Å². The molecule has 2 heterocycles. The lowest BCUT2D eigenvalue weighted by molar-refractivity contribution is -0.121. The molecule has 7 heteroatoms. The van der Waals surface area contributed by atoms with E-state index in [1.165, 1.54) is 19.3 Å². The van der Waals surface area contributed by atoms with Crippen molar-refractivity contribution in [1.82, 2.24) is 25.2 Å². The number of aryl methyl sites for hydroxylation is 2. The number of hydrogen-bond donors (Lipinski definition) is 1. The van der Waals surface area contributed by atoms with E-state index in [0.29, 0.717) is 24.2 Å². The number of hydrogen-bond acceptors (Lipinski definition) is 5. The van der Waals surface area contributed by atoms with Crippen molar-refractivity contribution in [3.63, 3.8) is 0 Å². The average molecular weight is 345 g/mol. The van der Waals surface area contributed by atoms with E-state index in [-0.39, 0.29) is 18.4 Å². The van der Waals surface area contributed by atoms with E-state index >= 15 is 0 Å². The molecule has 1 unspecified atom stereocenters. The topological polar surface area (TPSA) is 85.8 Å². The minimum Gasteiger partial charge on any atom is -0.353 e. The molecule has 0 aromatic carbocycles. The van der Waals surface area contributed by atoms with Crippen LogP contribution in [0.25, 0.3) is 0 Å². The molecule has 136 valence electrons. The molecular weight excluding hydrogens is 318 g/mol. The Kier molecular flexibility index (Phi) is 5.50. The highest BCUT2D eigenvalue weighted by atomic mass is 16.5. The van der Waals surface area contributed by atoms with Gasteiger partial charge in [0.15, 0.2) is 5.82 Å². The minimum atomic E-state index is -0.0224. The quantitative estimate of drug-likeness (QED) is 0.870. The summed E-state index contributed by atoms with van der Waals surface area (Å²) in [6.07, 6.45) is 6.58. The molecule has 1 fully saturated rings.